The van der Waals surface area contributed by atoms with Gasteiger partial charge < -0.3 is 25.0 Å². The number of nitrogens with one attached hydrogen (secondary N) is 1. The predicted molar refractivity (Wildman–Crippen MR) is 78.3 cm³/mol. The van der Waals surface area contributed by atoms with Gasteiger partial charge in [-0.2, -0.15) is 0 Å². The molecule has 5 nitrogen and oxygen atoms in total. The Labute approximate surface area is 120 Å². The Morgan fingerprint density at radius 3 is 2.55 bits per heavy atom. The van der Waals surface area contributed by atoms with E-state index in [4.69, 9.17) is 14.6 Å². The Hall–Kier alpha value is -1.30. The van der Waals surface area contributed by atoms with Crippen molar-refractivity contribution in [1.29, 1.82) is 0 Å². The first-order valence-corrected chi connectivity index (χ1v) is 6.96. The number of hydrogen-bond donors (Lipinski definition) is 3. The lowest BCUT2D eigenvalue weighted by molar-refractivity contribution is 0.104. The molecule has 3 N–H and O–H groups in total. The summed E-state index contributed by atoms with van der Waals surface area (Å²) in [7, 11) is 1.59. The fourth-order valence-electron chi connectivity index (χ4n) is 1.77. The summed E-state index contributed by atoms with van der Waals surface area (Å²) in [6, 6.07) is 7.35. The van der Waals surface area contributed by atoms with Crippen molar-refractivity contribution in [3.05, 3.63) is 24.3 Å². The molecule has 0 amide bonds. The van der Waals surface area contributed by atoms with Gasteiger partial charge >= 0.3 is 0 Å². The van der Waals surface area contributed by atoms with E-state index in [9.17, 15) is 5.11 Å². The van der Waals surface area contributed by atoms with Crippen LogP contribution < -0.4 is 14.8 Å². The van der Waals surface area contributed by atoms with Gasteiger partial charge in [0.1, 0.15) is 12.7 Å². The maximum absolute atomic E-state index is 9.80. The third kappa shape index (κ3) is 6.75. The fraction of sp³-hybridized carbons (Fsp3) is 0.600. The Morgan fingerprint density at radius 1 is 1.20 bits per heavy atom. The molecule has 0 spiro atoms. The highest BCUT2D eigenvalue weighted by molar-refractivity contribution is 5.39. The van der Waals surface area contributed by atoms with Crippen molar-refractivity contribution >= 4 is 0 Å². The molecular formula is C15H25NO4. The van der Waals surface area contributed by atoms with Gasteiger partial charge in [0.15, 0.2) is 11.5 Å². The summed E-state index contributed by atoms with van der Waals surface area (Å²) >= 11 is 0. The van der Waals surface area contributed by atoms with E-state index in [1.54, 1.807) is 14.0 Å². The molecule has 0 saturated heterocycles. The van der Waals surface area contributed by atoms with Gasteiger partial charge in [-0.25, -0.2) is 0 Å². The van der Waals surface area contributed by atoms with Crippen LogP contribution in [-0.2, 0) is 0 Å². The van der Waals surface area contributed by atoms with E-state index < -0.39 is 6.10 Å². The van der Waals surface area contributed by atoms with Crippen LogP contribution in [0, 0.1) is 0 Å². The Kier molecular flexibility index (Phi) is 8.02. The molecule has 0 aliphatic carbocycles. The van der Waals surface area contributed by atoms with Crippen LogP contribution in [0.2, 0.25) is 0 Å². The van der Waals surface area contributed by atoms with Crippen molar-refractivity contribution < 1.29 is 19.7 Å². The van der Waals surface area contributed by atoms with Crippen LogP contribution in [0.15, 0.2) is 24.3 Å². The lowest BCUT2D eigenvalue weighted by Crippen LogP contribution is -2.32. The monoisotopic (exact) mass is 283 g/mol. The zero-order valence-corrected chi connectivity index (χ0v) is 12.2. The smallest absolute Gasteiger partial charge is 0.161 e. The predicted octanol–water partition coefficient (Wildman–Crippen LogP) is 1.19. The molecule has 0 bridgehead atoms. The number of hydrogen-bond acceptors (Lipinski definition) is 5. The normalized spacial score (nSPS) is 13.8. The van der Waals surface area contributed by atoms with E-state index in [0.29, 0.717) is 18.0 Å². The van der Waals surface area contributed by atoms with E-state index in [1.165, 1.54) is 0 Å². The third-order valence-corrected chi connectivity index (χ3v) is 2.86. The summed E-state index contributed by atoms with van der Waals surface area (Å²) in [4.78, 5) is 0. The Bertz CT molecular complexity index is 371. The largest absolute Gasteiger partial charge is 0.493 e. The first kappa shape index (κ1) is 16.8. The molecule has 0 fully saturated rings. The minimum Gasteiger partial charge on any atom is -0.493 e. The van der Waals surface area contributed by atoms with Crippen molar-refractivity contribution in [3.63, 3.8) is 0 Å². The lowest BCUT2D eigenvalue weighted by Gasteiger charge is -2.15. The van der Waals surface area contributed by atoms with E-state index in [0.717, 1.165) is 19.4 Å². The van der Waals surface area contributed by atoms with Crippen molar-refractivity contribution in [2.24, 2.45) is 0 Å². The summed E-state index contributed by atoms with van der Waals surface area (Å²) in [6.45, 7) is 3.23. The number of rotatable bonds is 10. The topological polar surface area (TPSA) is 71.0 Å². The van der Waals surface area contributed by atoms with Gasteiger partial charge in [-0.1, -0.05) is 12.1 Å². The van der Waals surface area contributed by atoms with E-state index in [1.807, 2.05) is 24.3 Å². The van der Waals surface area contributed by atoms with Gasteiger partial charge in [-0.15, -0.1) is 0 Å². The first-order chi connectivity index (χ1) is 9.63. The molecule has 20 heavy (non-hydrogen) atoms. The second-order valence-corrected chi connectivity index (χ2v) is 4.81. The number of para-hydroxylation sites is 2. The quantitative estimate of drug-likeness (QED) is 0.563. The summed E-state index contributed by atoms with van der Waals surface area (Å²) in [6.07, 6.45) is 0.806. The van der Waals surface area contributed by atoms with Crippen molar-refractivity contribution in [1.82, 2.24) is 5.32 Å². The molecule has 114 valence electrons. The fourth-order valence-corrected chi connectivity index (χ4v) is 1.77. The van der Waals surface area contributed by atoms with Crippen molar-refractivity contribution in [2.75, 3.05) is 26.8 Å². The Morgan fingerprint density at radius 2 is 1.90 bits per heavy atom. The molecule has 2 unspecified atom stereocenters. The number of benzene rings is 1. The minimum absolute atomic E-state index is 0.212. The average molecular weight is 283 g/mol. The molecule has 2 atom stereocenters. The SMILES string of the molecule is COc1ccccc1OCC(O)CNCCCC(C)O. The standard InChI is InChI=1S/C15H25NO4/c1-12(17)6-5-9-16-10-13(18)11-20-15-8-4-3-7-14(15)19-2/h3-4,7-8,12-13,16-18H,5-6,9-11H2,1-2H3. The highest BCUT2D eigenvalue weighted by Gasteiger charge is 2.07. The van der Waals surface area contributed by atoms with Gasteiger partial charge in [0.05, 0.1) is 13.2 Å². The zero-order chi connectivity index (χ0) is 14.8. The molecule has 0 heterocycles. The van der Waals surface area contributed by atoms with Crippen LogP contribution >= 0.6 is 0 Å². The maximum Gasteiger partial charge on any atom is 0.161 e. The van der Waals surface area contributed by atoms with Crippen LogP contribution in [0.1, 0.15) is 19.8 Å². The van der Waals surface area contributed by atoms with Crippen molar-refractivity contribution in [3.8, 4) is 11.5 Å². The second kappa shape index (κ2) is 9.58. The molecule has 0 aliphatic rings. The second-order valence-electron chi connectivity index (χ2n) is 4.81. The maximum atomic E-state index is 9.80. The summed E-state index contributed by atoms with van der Waals surface area (Å²) < 4.78 is 10.7. The molecule has 1 aromatic rings. The Balaban J connectivity index is 2.18. The minimum atomic E-state index is -0.577. The molecule has 0 radical (unpaired) electrons. The lowest BCUT2D eigenvalue weighted by atomic mass is 10.2. The van der Waals surface area contributed by atoms with Crippen molar-refractivity contribution in [2.45, 2.75) is 32.0 Å². The van der Waals surface area contributed by atoms with Gasteiger partial charge in [0, 0.05) is 6.54 Å². The van der Waals surface area contributed by atoms with Crippen LogP contribution in [0.25, 0.3) is 0 Å². The van der Waals surface area contributed by atoms with Crippen LogP contribution in [0.5, 0.6) is 11.5 Å². The highest BCUT2D eigenvalue weighted by Crippen LogP contribution is 2.25. The summed E-state index contributed by atoms with van der Waals surface area (Å²) in [5, 5.41) is 22.0. The van der Waals surface area contributed by atoms with Gasteiger partial charge in [0.25, 0.3) is 0 Å². The zero-order valence-electron chi connectivity index (χ0n) is 12.2. The first-order valence-electron chi connectivity index (χ1n) is 6.96. The number of methoxy groups -OCH3 is 1. The molecule has 0 saturated carbocycles. The number of aliphatic hydroxyl groups excluding tert-OH is 2. The van der Waals surface area contributed by atoms with E-state index >= 15 is 0 Å². The van der Waals surface area contributed by atoms with Gasteiger partial charge in [-0.3, -0.25) is 0 Å². The molecular weight excluding hydrogens is 258 g/mol. The molecule has 1 aromatic carbocycles. The van der Waals surface area contributed by atoms with Gasteiger partial charge in [-0.05, 0) is 38.4 Å². The summed E-state index contributed by atoms with van der Waals surface area (Å²) in [5.41, 5.74) is 0. The van der Waals surface area contributed by atoms with Gasteiger partial charge in [0.2, 0.25) is 0 Å². The number of aliphatic hydroxyl groups is 2. The average Bonchev–Trinajstić information content (AvgIpc) is 2.44. The molecule has 1 rings (SSSR count). The van der Waals surface area contributed by atoms with E-state index in [-0.39, 0.29) is 12.7 Å². The van der Waals surface area contributed by atoms with E-state index in [2.05, 4.69) is 5.32 Å². The summed E-state index contributed by atoms with van der Waals surface area (Å²) in [5.74, 6) is 1.28. The van der Waals surface area contributed by atoms with Crippen LogP contribution in [-0.4, -0.2) is 49.2 Å². The highest BCUT2D eigenvalue weighted by atomic mass is 16.5. The number of ether oxygens (including phenoxy) is 2. The molecule has 0 aliphatic heterocycles. The third-order valence-electron chi connectivity index (χ3n) is 2.86. The molecule has 5 heteroatoms. The molecule has 0 aromatic heterocycles. The van der Waals surface area contributed by atoms with Crippen LogP contribution in [0.3, 0.4) is 0 Å². The van der Waals surface area contributed by atoms with Crippen LogP contribution in [0.4, 0.5) is 0 Å².